The third-order valence-corrected chi connectivity index (χ3v) is 5.16. The summed E-state index contributed by atoms with van der Waals surface area (Å²) < 4.78 is 24.8. The van der Waals surface area contributed by atoms with E-state index >= 15 is 0 Å². The molecule has 0 atom stereocenters. The maximum absolute atomic E-state index is 12.4. The number of sulfonamides is 1. The van der Waals surface area contributed by atoms with Crippen LogP contribution < -0.4 is 10.3 Å². The predicted molar refractivity (Wildman–Crippen MR) is 101 cm³/mol. The fourth-order valence-corrected chi connectivity index (χ4v) is 3.24. The highest BCUT2D eigenvalue weighted by Crippen LogP contribution is 2.19. The Labute approximate surface area is 153 Å². The number of allylic oxidation sites excluding steroid dienone is 1. The van der Waals surface area contributed by atoms with Crippen molar-refractivity contribution in [1.29, 1.82) is 0 Å². The average Bonchev–Trinajstić information content (AvgIpc) is 2.93. The second-order valence-electron chi connectivity index (χ2n) is 5.86. The second-order valence-corrected chi connectivity index (χ2v) is 7.53. The van der Waals surface area contributed by atoms with Gasteiger partial charge in [0.1, 0.15) is 5.76 Å². The molecule has 1 aliphatic rings. The summed E-state index contributed by atoms with van der Waals surface area (Å²) in [5.41, 5.74) is 5.49. The van der Waals surface area contributed by atoms with Gasteiger partial charge in [-0.15, -0.1) is 4.83 Å². The molecule has 3 rings (SSSR count). The summed E-state index contributed by atoms with van der Waals surface area (Å²) in [7, 11) is -3.71. The number of benzene rings is 2. The van der Waals surface area contributed by atoms with Crippen molar-refractivity contribution in [3.05, 3.63) is 71.5 Å². The van der Waals surface area contributed by atoms with E-state index in [0.29, 0.717) is 18.0 Å². The highest BCUT2D eigenvalue weighted by Gasteiger charge is 2.24. The Morgan fingerprint density at radius 1 is 1.08 bits per heavy atom. The summed E-state index contributed by atoms with van der Waals surface area (Å²) in [5.74, 6) is 0.698. The van der Waals surface area contributed by atoms with Crippen LogP contribution in [0.1, 0.15) is 19.4 Å². The maximum Gasteiger partial charge on any atom is 0.256 e. The van der Waals surface area contributed by atoms with Gasteiger partial charge in [-0.1, -0.05) is 35.5 Å². The summed E-state index contributed by atoms with van der Waals surface area (Å²) in [6, 6.07) is 16.0. The number of nitrogens with one attached hydrogen (secondary N) is 2. The molecule has 2 aromatic carbocycles. The van der Waals surface area contributed by atoms with Crippen molar-refractivity contribution in [1.82, 2.24) is 10.0 Å². The zero-order valence-electron chi connectivity index (χ0n) is 14.5. The van der Waals surface area contributed by atoms with E-state index < -0.39 is 10.0 Å². The van der Waals surface area contributed by atoms with Gasteiger partial charge in [0.2, 0.25) is 0 Å². The molecule has 2 aromatic rings. The van der Waals surface area contributed by atoms with E-state index in [1.54, 1.807) is 25.3 Å². The van der Waals surface area contributed by atoms with E-state index in [-0.39, 0.29) is 4.90 Å². The van der Waals surface area contributed by atoms with Crippen LogP contribution in [0.15, 0.2) is 75.9 Å². The molecule has 0 unspecified atom stereocenters. The third-order valence-electron chi connectivity index (χ3n) is 3.82. The molecule has 0 radical (unpaired) electrons. The number of hydrogen-bond acceptors (Lipinski definition) is 6. The highest BCUT2D eigenvalue weighted by molar-refractivity contribution is 7.89. The zero-order chi connectivity index (χ0) is 18.6. The first kappa shape index (κ1) is 18.1. The van der Waals surface area contributed by atoms with Gasteiger partial charge >= 0.3 is 0 Å². The monoisotopic (exact) mass is 372 g/mol. The Kier molecular flexibility index (Phi) is 5.36. The number of hydrazine groups is 1. The van der Waals surface area contributed by atoms with E-state index in [1.165, 1.54) is 17.3 Å². The highest BCUT2D eigenvalue weighted by atomic mass is 32.2. The molecule has 0 saturated carbocycles. The van der Waals surface area contributed by atoms with Gasteiger partial charge in [0.25, 0.3) is 10.0 Å². The SMILES string of the molecule is CC1=C(C)ON(NS(=O)(=O)c2ccc(N/N=C/c3ccccc3)cc2)C1. The van der Waals surface area contributed by atoms with Crippen molar-refractivity contribution in [3.8, 4) is 0 Å². The summed E-state index contributed by atoms with van der Waals surface area (Å²) in [4.78, 5) is 7.89. The molecular formula is C18H20N4O3S. The molecule has 0 spiro atoms. The van der Waals surface area contributed by atoms with Crippen molar-refractivity contribution in [2.24, 2.45) is 5.10 Å². The largest absolute Gasteiger partial charge is 0.395 e. The molecule has 7 nitrogen and oxygen atoms in total. The van der Waals surface area contributed by atoms with Gasteiger partial charge in [-0.25, -0.2) is 8.42 Å². The van der Waals surface area contributed by atoms with Crippen LogP contribution in [0.3, 0.4) is 0 Å². The molecular weight excluding hydrogens is 352 g/mol. The lowest BCUT2D eigenvalue weighted by atomic mass is 10.2. The summed E-state index contributed by atoms with van der Waals surface area (Å²) >= 11 is 0. The van der Waals surface area contributed by atoms with Crippen molar-refractivity contribution in [3.63, 3.8) is 0 Å². The van der Waals surface area contributed by atoms with E-state index in [0.717, 1.165) is 11.1 Å². The lowest BCUT2D eigenvalue weighted by molar-refractivity contribution is -0.111. The molecule has 2 N–H and O–H groups in total. The minimum absolute atomic E-state index is 0.140. The molecule has 0 fully saturated rings. The summed E-state index contributed by atoms with van der Waals surface area (Å²) in [6.07, 6.45) is 1.69. The lowest BCUT2D eigenvalue weighted by Gasteiger charge is -2.16. The summed E-state index contributed by atoms with van der Waals surface area (Å²) in [5, 5.41) is 5.33. The standard InChI is InChI=1S/C18H20N4O3S/c1-14-13-22(25-15(14)2)21-26(23,24)18-10-8-17(9-11-18)20-19-12-16-6-4-3-5-7-16/h3-12,20-21H,13H2,1-2H3/b19-12+. The predicted octanol–water partition coefficient (Wildman–Crippen LogP) is 2.87. The fourth-order valence-electron chi connectivity index (χ4n) is 2.27. The molecule has 1 aliphatic heterocycles. The molecule has 0 aliphatic carbocycles. The Bertz CT molecular complexity index is 909. The molecule has 0 aromatic heterocycles. The minimum Gasteiger partial charge on any atom is -0.395 e. The number of rotatable bonds is 6. The number of hydrazone groups is 1. The van der Waals surface area contributed by atoms with Crippen LogP contribution in [0.25, 0.3) is 0 Å². The van der Waals surface area contributed by atoms with Crippen LogP contribution in [0.4, 0.5) is 5.69 Å². The van der Waals surface area contributed by atoms with Gasteiger partial charge in [0, 0.05) is 0 Å². The van der Waals surface area contributed by atoms with Crippen LogP contribution in [-0.2, 0) is 14.9 Å². The van der Waals surface area contributed by atoms with Gasteiger partial charge in [-0.05, 0) is 49.2 Å². The zero-order valence-corrected chi connectivity index (χ0v) is 15.3. The summed E-state index contributed by atoms with van der Waals surface area (Å²) in [6.45, 7) is 4.07. The van der Waals surface area contributed by atoms with E-state index in [9.17, 15) is 8.42 Å². The van der Waals surface area contributed by atoms with Gasteiger partial charge in [0.05, 0.1) is 23.3 Å². The topological polar surface area (TPSA) is 83.0 Å². The van der Waals surface area contributed by atoms with Crippen LogP contribution in [0, 0.1) is 0 Å². The van der Waals surface area contributed by atoms with Gasteiger partial charge in [-0.2, -0.15) is 5.10 Å². The Morgan fingerprint density at radius 3 is 2.38 bits per heavy atom. The quantitative estimate of drug-likeness (QED) is 0.602. The minimum atomic E-state index is -3.71. The van der Waals surface area contributed by atoms with Crippen LogP contribution >= 0.6 is 0 Å². The van der Waals surface area contributed by atoms with E-state index in [1.807, 2.05) is 37.3 Å². The second kappa shape index (κ2) is 7.69. The third kappa shape index (κ3) is 4.48. The number of anilines is 1. The van der Waals surface area contributed by atoms with Crippen LogP contribution in [0.2, 0.25) is 0 Å². The van der Waals surface area contributed by atoms with Crippen molar-refractivity contribution in [2.75, 3.05) is 12.0 Å². The van der Waals surface area contributed by atoms with Gasteiger partial charge < -0.3 is 4.84 Å². The molecule has 8 heteroatoms. The first-order valence-corrected chi connectivity index (χ1v) is 9.51. The Hall–Kier alpha value is -2.68. The van der Waals surface area contributed by atoms with E-state index in [2.05, 4.69) is 15.4 Å². The lowest BCUT2D eigenvalue weighted by Crippen LogP contribution is -2.39. The van der Waals surface area contributed by atoms with Crippen molar-refractivity contribution in [2.45, 2.75) is 18.7 Å². The number of hydrogen-bond donors (Lipinski definition) is 2. The smallest absolute Gasteiger partial charge is 0.256 e. The van der Waals surface area contributed by atoms with Crippen LogP contribution in [0.5, 0.6) is 0 Å². The molecule has 1 heterocycles. The molecule has 0 amide bonds. The van der Waals surface area contributed by atoms with E-state index in [4.69, 9.17) is 4.84 Å². The van der Waals surface area contributed by atoms with Crippen molar-refractivity contribution < 1.29 is 13.3 Å². The van der Waals surface area contributed by atoms with Crippen molar-refractivity contribution >= 4 is 21.9 Å². The molecule has 0 bridgehead atoms. The first-order chi connectivity index (χ1) is 12.4. The number of hydroxylamine groups is 1. The molecule has 0 saturated heterocycles. The Morgan fingerprint density at radius 2 is 1.77 bits per heavy atom. The average molecular weight is 372 g/mol. The molecule has 136 valence electrons. The van der Waals surface area contributed by atoms with Gasteiger partial charge in [0.15, 0.2) is 0 Å². The van der Waals surface area contributed by atoms with Crippen LogP contribution in [-0.4, -0.2) is 26.3 Å². The maximum atomic E-state index is 12.4. The Balaban J connectivity index is 1.61. The first-order valence-electron chi connectivity index (χ1n) is 8.02. The number of nitrogens with zero attached hydrogens (tertiary/aromatic N) is 2. The normalized spacial score (nSPS) is 15.5. The van der Waals surface area contributed by atoms with Gasteiger partial charge in [-0.3, -0.25) is 5.43 Å². The fraction of sp³-hybridized carbons (Fsp3) is 0.167. The molecule has 26 heavy (non-hydrogen) atoms.